The second kappa shape index (κ2) is 8.84. The lowest BCUT2D eigenvalue weighted by Gasteiger charge is -2.17. The molecule has 3 atom stereocenters. The Hall–Kier alpha value is -1.35. The molecule has 0 aromatic rings. The van der Waals surface area contributed by atoms with Crippen LogP contribution < -0.4 is 0 Å². The zero-order chi connectivity index (χ0) is 18.4. The molecule has 0 amide bonds. The molecule has 2 rings (SSSR count). The Balaban J connectivity index is 2.09. The Kier molecular flexibility index (Phi) is 7.06. The molecular weight excluding hydrogens is 312 g/mol. The van der Waals surface area contributed by atoms with Gasteiger partial charge in [0.2, 0.25) is 0 Å². The predicted octanol–water partition coefficient (Wildman–Crippen LogP) is 5.52. The van der Waals surface area contributed by atoms with E-state index in [0.717, 1.165) is 44.9 Å². The Morgan fingerprint density at radius 1 is 1.32 bits per heavy atom. The number of allylic oxidation sites excluding steroid dienone is 4. The van der Waals surface area contributed by atoms with E-state index >= 15 is 0 Å². The van der Waals surface area contributed by atoms with Gasteiger partial charge in [-0.15, -0.1) is 0 Å². The van der Waals surface area contributed by atoms with Crippen molar-refractivity contribution in [3.63, 3.8) is 0 Å². The first-order chi connectivity index (χ1) is 11.8. The van der Waals surface area contributed by atoms with Gasteiger partial charge >= 0.3 is 5.97 Å². The summed E-state index contributed by atoms with van der Waals surface area (Å²) in [6, 6.07) is 0. The highest BCUT2D eigenvalue weighted by atomic mass is 16.6. The van der Waals surface area contributed by atoms with Crippen molar-refractivity contribution in [2.75, 3.05) is 6.61 Å². The van der Waals surface area contributed by atoms with Gasteiger partial charge in [0.1, 0.15) is 6.61 Å². The molecule has 3 heteroatoms. The molecule has 0 bridgehead atoms. The van der Waals surface area contributed by atoms with Crippen molar-refractivity contribution in [1.29, 1.82) is 0 Å². The number of carbonyl (C=O) groups is 1. The number of hydrogen-bond acceptors (Lipinski definition) is 3. The van der Waals surface area contributed by atoms with Crippen LogP contribution in [0.2, 0.25) is 0 Å². The molecule has 0 unspecified atom stereocenters. The van der Waals surface area contributed by atoms with Gasteiger partial charge in [0, 0.05) is 6.92 Å². The Morgan fingerprint density at radius 3 is 2.76 bits per heavy atom. The van der Waals surface area contributed by atoms with E-state index < -0.39 is 0 Å². The Labute approximate surface area is 153 Å². The molecule has 1 fully saturated rings. The monoisotopic (exact) mass is 346 g/mol. The maximum atomic E-state index is 11.2. The first-order valence-corrected chi connectivity index (χ1v) is 9.60. The van der Waals surface area contributed by atoms with Crippen LogP contribution in [0.15, 0.2) is 35.5 Å². The van der Waals surface area contributed by atoms with Crippen LogP contribution in [0.1, 0.15) is 72.6 Å². The molecule has 1 aliphatic carbocycles. The van der Waals surface area contributed by atoms with Crippen LogP contribution in [0.3, 0.4) is 0 Å². The molecule has 1 aliphatic heterocycles. The molecule has 2 aliphatic rings. The van der Waals surface area contributed by atoms with Crippen molar-refractivity contribution in [1.82, 2.24) is 0 Å². The fourth-order valence-electron chi connectivity index (χ4n) is 3.60. The minimum Gasteiger partial charge on any atom is -0.461 e. The van der Waals surface area contributed by atoms with Gasteiger partial charge in [0.25, 0.3) is 0 Å². The van der Waals surface area contributed by atoms with Gasteiger partial charge < -0.3 is 9.47 Å². The normalized spacial score (nSPS) is 35.2. The zero-order valence-electron chi connectivity index (χ0n) is 16.4. The summed E-state index contributed by atoms with van der Waals surface area (Å²) in [7, 11) is 0. The van der Waals surface area contributed by atoms with E-state index in [-0.39, 0.29) is 11.6 Å². The third-order valence-corrected chi connectivity index (χ3v) is 5.63. The van der Waals surface area contributed by atoms with E-state index in [1.54, 1.807) is 0 Å². The summed E-state index contributed by atoms with van der Waals surface area (Å²) in [6.07, 6.45) is 12.3. The first kappa shape index (κ1) is 20.0. The van der Waals surface area contributed by atoms with Crippen molar-refractivity contribution >= 4 is 5.97 Å². The third-order valence-electron chi connectivity index (χ3n) is 5.63. The van der Waals surface area contributed by atoms with Crippen LogP contribution in [0.5, 0.6) is 0 Å². The van der Waals surface area contributed by atoms with E-state index in [1.807, 2.05) is 0 Å². The summed E-state index contributed by atoms with van der Waals surface area (Å²) in [4.78, 5) is 11.2. The summed E-state index contributed by atoms with van der Waals surface area (Å²) in [5, 5.41) is 0. The molecule has 1 heterocycles. The van der Waals surface area contributed by atoms with Crippen LogP contribution in [-0.2, 0) is 14.3 Å². The molecule has 25 heavy (non-hydrogen) atoms. The molecule has 0 spiro atoms. The third kappa shape index (κ3) is 6.47. The lowest BCUT2D eigenvalue weighted by molar-refractivity contribution is -0.140. The maximum Gasteiger partial charge on any atom is 0.302 e. The summed E-state index contributed by atoms with van der Waals surface area (Å²) < 4.78 is 11.2. The molecule has 1 saturated heterocycles. The minimum absolute atomic E-state index is 0.0354. The smallest absolute Gasteiger partial charge is 0.302 e. The van der Waals surface area contributed by atoms with E-state index in [4.69, 9.17) is 9.47 Å². The number of hydrogen-bond donors (Lipinski definition) is 0. The predicted molar refractivity (Wildman–Crippen MR) is 102 cm³/mol. The number of fused-ring (bicyclic) bond motifs is 1. The van der Waals surface area contributed by atoms with Crippen LogP contribution in [0.4, 0.5) is 0 Å². The van der Waals surface area contributed by atoms with Crippen molar-refractivity contribution < 1.29 is 14.3 Å². The first-order valence-electron chi connectivity index (χ1n) is 9.60. The highest BCUT2D eigenvalue weighted by Crippen LogP contribution is 2.43. The number of rotatable bonds is 3. The lowest BCUT2D eigenvalue weighted by atomic mass is 9.89. The number of ether oxygens (including phenoxy) is 2. The van der Waals surface area contributed by atoms with Gasteiger partial charge in [-0.2, -0.15) is 0 Å². The average molecular weight is 347 g/mol. The van der Waals surface area contributed by atoms with Crippen LogP contribution >= 0.6 is 0 Å². The van der Waals surface area contributed by atoms with E-state index in [0.29, 0.717) is 18.6 Å². The highest BCUT2D eigenvalue weighted by Gasteiger charge is 2.50. The topological polar surface area (TPSA) is 38.8 Å². The van der Waals surface area contributed by atoms with Crippen LogP contribution in [-0.4, -0.2) is 24.3 Å². The molecule has 0 aromatic heterocycles. The van der Waals surface area contributed by atoms with Gasteiger partial charge in [0.05, 0.1) is 11.7 Å². The molecule has 0 saturated carbocycles. The molecular formula is C22H34O3. The summed E-state index contributed by atoms with van der Waals surface area (Å²) in [5.74, 6) is 0.270. The molecule has 0 radical (unpaired) electrons. The lowest BCUT2D eigenvalue weighted by Crippen LogP contribution is -2.11. The quantitative estimate of drug-likeness (QED) is 0.384. The largest absolute Gasteiger partial charge is 0.461 e. The SMILES string of the molecule is C=C(C)[C@@H]1C/C=C(/COC(C)=O)CC[C@H]2O[C@]2(C)CC/C=C(\C)CC1. The van der Waals surface area contributed by atoms with Crippen molar-refractivity contribution in [2.45, 2.75) is 84.3 Å². The van der Waals surface area contributed by atoms with Crippen LogP contribution in [0.25, 0.3) is 0 Å². The summed E-state index contributed by atoms with van der Waals surface area (Å²) in [6.45, 7) is 12.6. The van der Waals surface area contributed by atoms with E-state index in [1.165, 1.54) is 23.6 Å². The minimum atomic E-state index is -0.218. The maximum absolute atomic E-state index is 11.2. The molecule has 140 valence electrons. The van der Waals surface area contributed by atoms with Gasteiger partial charge in [-0.05, 0) is 77.2 Å². The van der Waals surface area contributed by atoms with Gasteiger partial charge in [0.15, 0.2) is 0 Å². The number of esters is 1. The number of epoxide rings is 1. The van der Waals surface area contributed by atoms with Crippen molar-refractivity contribution in [3.05, 3.63) is 35.5 Å². The molecule has 3 nitrogen and oxygen atoms in total. The summed E-state index contributed by atoms with van der Waals surface area (Å²) in [5.41, 5.74) is 3.95. The van der Waals surface area contributed by atoms with Crippen LogP contribution in [0, 0.1) is 5.92 Å². The van der Waals surface area contributed by atoms with Crippen molar-refractivity contribution in [3.8, 4) is 0 Å². The van der Waals surface area contributed by atoms with Gasteiger partial charge in [-0.25, -0.2) is 0 Å². The number of carbonyl (C=O) groups excluding carboxylic acids is 1. The van der Waals surface area contributed by atoms with Gasteiger partial charge in [-0.1, -0.05) is 29.9 Å². The highest BCUT2D eigenvalue weighted by molar-refractivity contribution is 5.66. The zero-order valence-corrected chi connectivity index (χ0v) is 16.4. The second-order valence-corrected chi connectivity index (χ2v) is 8.01. The van der Waals surface area contributed by atoms with Gasteiger partial charge in [-0.3, -0.25) is 4.79 Å². The average Bonchev–Trinajstić information content (AvgIpc) is 3.18. The fraction of sp³-hybridized carbons (Fsp3) is 0.682. The van der Waals surface area contributed by atoms with E-state index in [2.05, 4.69) is 39.5 Å². The molecule has 0 aromatic carbocycles. The summed E-state index contributed by atoms with van der Waals surface area (Å²) >= 11 is 0. The fourth-order valence-corrected chi connectivity index (χ4v) is 3.60. The second-order valence-electron chi connectivity index (χ2n) is 8.01. The molecule has 0 N–H and O–H groups in total. The van der Waals surface area contributed by atoms with E-state index in [9.17, 15) is 4.79 Å². The standard InChI is InChI=1S/C22H34O3/c1-16(2)20-11-8-17(3)7-6-14-22(5)21(25-22)13-10-19(9-12-20)15-24-18(4)23/h7,9,20-21H,1,6,8,10-15H2,2-5H3/b17-7+,19-9+/t20-,21+,22+/m0/s1. The Bertz CT molecular complexity index is 558. The Morgan fingerprint density at radius 2 is 2.08 bits per heavy atom. The van der Waals surface area contributed by atoms with Crippen molar-refractivity contribution in [2.24, 2.45) is 5.92 Å².